The highest BCUT2D eigenvalue weighted by atomic mass is 16.5. The number of nitrogens with zero attached hydrogens (tertiary/aromatic N) is 2. The highest BCUT2D eigenvalue weighted by Crippen LogP contribution is 2.22. The van der Waals surface area contributed by atoms with Gasteiger partial charge in [0.25, 0.3) is 5.91 Å². The summed E-state index contributed by atoms with van der Waals surface area (Å²) in [5.74, 6) is 0.399. The number of carbonyl (C=O) groups is 2. The molecule has 6 nitrogen and oxygen atoms in total. The number of hydrogen-bond acceptors (Lipinski definition) is 4. The van der Waals surface area contributed by atoms with E-state index in [0.29, 0.717) is 30.9 Å². The number of benzene rings is 1. The van der Waals surface area contributed by atoms with Gasteiger partial charge >= 0.3 is 0 Å². The molecule has 1 aliphatic heterocycles. The molecule has 2 amide bonds. The number of carbonyl (C=O) groups excluding carboxylic acids is 2. The summed E-state index contributed by atoms with van der Waals surface area (Å²) in [5.41, 5.74) is 0.531. The minimum absolute atomic E-state index is 0.0590. The average molecular weight is 319 g/mol. The summed E-state index contributed by atoms with van der Waals surface area (Å²) < 4.78 is 5.27. The Balaban J connectivity index is 2.21. The largest absolute Gasteiger partial charge is 0.496 e. The summed E-state index contributed by atoms with van der Waals surface area (Å²) in [6.07, 6.45) is 0. The third-order valence-electron chi connectivity index (χ3n) is 4.26. The van der Waals surface area contributed by atoms with Crippen LogP contribution in [-0.2, 0) is 4.79 Å². The summed E-state index contributed by atoms with van der Waals surface area (Å²) in [7, 11) is 3.18. The van der Waals surface area contributed by atoms with E-state index in [0.717, 1.165) is 0 Å². The van der Waals surface area contributed by atoms with E-state index in [1.807, 2.05) is 12.1 Å². The second kappa shape index (κ2) is 7.46. The van der Waals surface area contributed by atoms with Gasteiger partial charge < -0.3 is 15.0 Å². The summed E-state index contributed by atoms with van der Waals surface area (Å²) in [5, 5.41) is 2.70. The lowest BCUT2D eigenvalue weighted by Crippen LogP contribution is -2.61. The maximum Gasteiger partial charge on any atom is 0.257 e. The van der Waals surface area contributed by atoms with Crippen molar-refractivity contribution in [1.82, 2.24) is 15.1 Å². The van der Waals surface area contributed by atoms with E-state index in [-0.39, 0.29) is 23.9 Å². The maximum absolute atomic E-state index is 12.8. The SMILES string of the molecule is CNC(=O)[C@H]1CN(C(=O)c2ccccc2OC)CCN1C(C)C. The van der Waals surface area contributed by atoms with Crippen LogP contribution < -0.4 is 10.1 Å². The Kier molecular flexibility index (Phi) is 5.60. The second-order valence-electron chi connectivity index (χ2n) is 5.91. The molecule has 0 aliphatic carbocycles. The van der Waals surface area contributed by atoms with E-state index in [2.05, 4.69) is 24.1 Å². The number of methoxy groups -OCH3 is 1. The zero-order chi connectivity index (χ0) is 17.0. The van der Waals surface area contributed by atoms with Crippen LogP contribution in [0.25, 0.3) is 0 Å². The average Bonchev–Trinajstić information content (AvgIpc) is 2.59. The van der Waals surface area contributed by atoms with Crippen molar-refractivity contribution in [3.63, 3.8) is 0 Å². The van der Waals surface area contributed by atoms with E-state index in [9.17, 15) is 9.59 Å². The molecule has 0 spiro atoms. The molecule has 0 unspecified atom stereocenters. The van der Waals surface area contributed by atoms with Crippen molar-refractivity contribution in [2.24, 2.45) is 0 Å². The van der Waals surface area contributed by atoms with Crippen LogP contribution >= 0.6 is 0 Å². The zero-order valence-corrected chi connectivity index (χ0v) is 14.2. The van der Waals surface area contributed by atoms with Gasteiger partial charge in [0.2, 0.25) is 5.91 Å². The normalized spacial score (nSPS) is 18.8. The van der Waals surface area contributed by atoms with Crippen molar-refractivity contribution in [2.75, 3.05) is 33.8 Å². The molecule has 1 heterocycles. The summed E-state index contributed by atoms with van der Waals surface area (Å²) in [6.45, 7) is 5.79. The number of ether oxygens (including phenoxy) is 1. The van der Waals surface area contributed by atoms with Crippen LogP contribution in [-0.4, -0.2) is 67.5 Å². The predicted molar refractivity (Wildman–Crippen MR) is 88.6 cm³/mol. The van der Waals surface area contributed by atoms with Crippen molar-refractivity contribution in [1.29, 1.82) is 0 Å². The Morgan fingerprint density at radius 3 is 2.57 bits per heavy atom. The smallest absolute Gasteiger partial charge is 0.257 e. The number of nitrogens with one attached hydrogen (secondary N) is 1. The van der Waals surface area contributed by atoms with Gasteiger partial charge in [0.1, 0.15) is 11.8 Å². The van der Waals surface area contributed by atoms with Crippen molar-refractivity contribution < 1.29 is 14.3 Å². The van der Waals surface area contributed by atoms with Gasteiger partial charge in [0.05, 0.1) is 12.7 Å². The number of para-hydroxylation sites is 1. The van der Waals surface area contributed by atoms with Gasteiger partial charge in [-0.3, -0.25) is 14.5 Å². The quantitative estimate of drug-likeness (QED) is 0.898. The van der Waals surface area contributed by atoms with Crippen LogP contribution in [0.3, 0.4) is 0 Å². The van der Waals surface area contributed by atoms with Gasteiger partial charge in [-0.05, 0) is 26.0 Å². The third-order valence-corrected chi connectivity index (χ3v) is 4.26. The lowest BCUT2D eigenvalue weighted by Gasteiger charge is -2.42. The molecule has 0 aromatic heterocycles. The Bertz CT molecular complexity index is 574. The predicted octanol–water partition coefficient (Wildman–Crippen LogP) is 0.976. The number of likely N-dealkylation sites (N-methyl/N-ethyl adjacent to an activating group) is 1. The maximum atomic E-state index is 12.8. The topological polar surface area (TPSA) is 61.9 Å². The third kappa shape index (κ3) is 3.64. The van der Waals surface area contributed by atoms with Crippen LogP contribution in [0.1, 0.15) is 24.2 Å². The Labute approximate surface area is 137 Å². The molecule has 1 N–H and O–H groups in total. The molecule has 6 heteroatoms. The Morgan fingerprint density at radius 2 is 1.96 bits per heavy atom. The molecule has 23 heavy (non-hydrogen) atoms. The molecule has 1 aliphatic rings. The standard InChI is InChI=1S/C17H25N3O3/c1-12(2)20-10-9-19(11-14(20)16(21)18-3)17(22)13-7-5-6-8-15(13)23-4/h5-8,12,14H,9-11H2,1-4H3,(H,18,21)/t14-/m1/s1. The molecule has 126 valence electrons. The fourth-order valence-electron chi connectivity index (χ4n) is 2.99. The fraction of sp³-hybridized carbons (Fsp3) is 0.529. The number of amides is 2. The van der Waals surface area contributed by atoms with Crippen molar-refractivity contribution in [3.8, 4) is 5.75 Å². The minimum atomic E-state index is -0.326. The van der Waals surface area contributed by atoms with Gasteiger partial charge in [-0.2, -0.15) is 0 Å². The summed E-state index contributed by atoms with van der Waals surface area (Å²) in [4.78, 5) is 28.9. The second-order valence-corrected chi connectivity index (χ2v) is 5.91. The van der Waals surface area contributed by atoms with E-state index in [1.54, 1.807) is 31.2 Å². The van der Waals surface area contributed by atoms with Gasteiger partial charge in [-0.15, -0.1) is 0 Å². The van der Waals surface area contributed by atoms with Crippen LogP contribution in [0.15, 0.2) is 24.3 Å². The highest BCUT2D eigenvalue weighted by molar-refractivity contribution is 5.97. The van der Waals surface area contributed by atoms with Crippen LogP contribution in [0.4, 0.5) is 0 Å². The van der Waals surface area contributed by atoms with Crippen molar-refractivity contribution >= 4 is 11.8 Å². The first-order valence-electron chi connectivity index (χ1n) is 7.89. The van der Waals surface area contributed by atoms with Gasteiger partial charge in [-0.1, -0.05) is 12.1 Å². The molecule has 1 aromatic carbocycles. The van der Waals surface area contributed by atoms with Gasteiger partial charge in [0.15, 0.2) is 0 Å². The lowest BCUT2D eigenvalue weighted by atomic mass is 10.1. The zero-order valence-electron chi connectivity index (χ0n) is 14.2. The van der Waals surface area contributed by atoms with Crippen LogP contribution in [0.5, 0.6) is 5.75 Å². The van der Waals surface area contributed by atoms with E-state index in [1.165, 1.54) is 0 Å². The minimum Gasteiger partial charge on any atom is -0.496 e. The number of rotatable bonds is 4. The van der Waals surface area contributed by atoms with E-state index in [4.69, 9.17) is 4.74 Å². The first-order chi connectivity index (χ1) is 11.0. The van der Waals surface area contributed by atoms with Crippen LogP contribution in [0, 0.1) is 0 Å². The Morgan fingerprint density at radius 1 is 1.26 bits per heavy atom. The van der Waals surface area contributed by atoms with Gasteiger partial charge in [0, 0.05) is 32.7 Å². The molecule has 0 radical (unpaired) electrons. The summed E-state index contributed by atoms with van der Waals surface area (Å²) >= 11 is 0. The molecule has 1 saturated heterocycles. The molecule has 1 fully saturated rings. The molecule has 2 rings (SSSR count). The first-order valence-corrected chi connectivity index (χ1v) is 7.89. The molecular weight excluding hydrogens is 294 g/mol. The molecule has 0 saturated carbocycles. The Hall–Kier alpha value is -2.08. The molecule has 1 atom stereocenters. The number of piperazine rings is 1. The fourth-order valence-corrected chi connectivity index (χ4v) is 2.99. The van der Waals surface area contributed by atoms with Crippen LogP contribution in [0.2, 0.25) is 0 Å². The van der Waals surface area contributed by atoms with Crippen molar-refractivity contribution in [3.05, 3.63) is 29.8 Å². The molecule has 1 aromatic rings. The first kappa shape index (κ1) is 17.3. The monoisotopic (exact) mass is 319 g/mol. The molecule has 0 bridgehead atoms. The number of hydrogen-bond donors (Lipinski definition) is 1. The summed E-state index contributed by atoms with van der Waals surface area (Å²) in [6, 6.07) is 7.10. The van der Waals surface area contributed by atoms with Crippen molar-refractivity contribution in [2.45, 2.75) is 25.9 Å². The van der Waals surface area contributed by atoms with E-state index >= 15 is 0 Å². The highest BCUT2D eigenvalue weighted by Gasteiger charge is 2.35. The van der Waals surface area contributed by atoms with E-state index < -0.39 is 0 Å². The molecular formula is C17H25N3O3. The lowest BCUT2D eigenvalue weighted by molar-refractivity contribution is -0.128. The van der Waals surface area contributed by atoms with Gasteiger partial charge in [-0.25, -0.2) is 0 Å².